The van der Waals surface area contributed by atoms with Gasteiger partial charge in [0.15, 0.2) is 0 Å². The zero-order chi connectivity index (χ0) is 33.1. The van der Waals surface area contributed by atoms with Crippen LogP contribution in [-0.2, 0) is 11.3 Å². The fraction of sp³-hybridized carbons (Fsp3) is 0.417. The first-order valence-electron chi connectivity index (χ1n) is 16.1. The maximum absolute atomic E-state index is 14.5. The third-order valence-electron chi connectivity index (χ3n) is 8.57. The van der Waals surface area contributed by atoms with E-state index < -0.39 is 0 Å². The molecule has 2 atom stereocenters. The van der Waals surface area contributed by atoms with E-state index in [0.717, 1.165) is 46.1 Å². The number of nitrogens with one attached hydrogen (secondary N) is 1. The van der Waals surface area contributed by atoms with Crippen LogP contribution in [0.5, 0.6) is 5.88 Å². The zero-order valence-electron chi connectivity index (χ0n) is 28.0. The molecule has 1 saturated heterocycles. The molecular formula is C36H43N7O3S. The molecule has 1 amide bonds. The summed E-state index contributed by atoms with van der Waals surface area (Å²) in [6, 6.07) is 17.6. The summed E-state index contributed by atoms with van der Waals surface area (Å²) in [6.07, 6.45) is 3.40. The maximum Gasteiger partial charge on any atom is 0.254 e. The van der Waals surface area contributed by atoms with Crippen LogP contribution in [0.25, 0.3) is 11.3 Å². The van der Waals surface area contributed by atoms with Crippen molar-refractivity contribution in [3.05, 3.63) is 83.3 Å². The lowest BCUT2D eigenvalue weighted by Crippen LogP contribution is -2.45. The topological polar surface area (TPSA) is 106 Å². The molecule has 1 fully saturated rings. The van der Waals surface area contributed by atoms with E-state index in [0.29, 0.717) is 36.2 Å². The predicted octanol–water partition coefficient (Wildman–Crippen LogP) is 6.73. The summed E-state index contributed by atoms with van der Waals surface area (Å²) in [4.78, 5) is 38.5. The van der Waals surface area contributed by atoms with Crippen LogP contribution < -0.4 is 14.4 Å². The molecule has 0 spiro atoms. The Morgan fingerprint density at radius 2 is 1.81 bits per heavy atom. The van der Waals surface area contributed by atoms with Gasteiger partial charge in [0.1, 0.15) is 18.2 Å². The monoisotopic (exact) mass is 653 g/mol. The Bertz CT molecular complexity index is 1720. The molecular weight excluding hydrogens is 611 g/mol. The molecule has 0 radical (unpaired) electrons. The van der Waals surface area contributed by atoms with E-state index in [4.69, 9.17) is 24.4 Å². The Morgan fingerprint density at radius 1 is 1.02 bits per heavy atom. The first-order valence-corrected chi connectivity index (χ1v) is 16.9. The van der Waals surface area contributed by atoms with Crippen molar-refractivity contribution in [2.45, 2.75) is 71.0 Å². The number of amides is 1. The van der Waals surface area contributed by atoms with Crippen LogP contribution in [0, 0.1) is 19.3 Å². The molecule has 47 heavy (non-hydrogen) atoms. The smallest absolute Gasteiger partial charge is 0.254 e. The average molecular weight is 654 g/mol. The number of carbonyl (C=O) groups excluding carboxylic acids is 1. The van der Waals surface area contributed by atoms with Crippen LogP contribution >= 0.6 is 11.9 Å². The van der Waals surface area contributed by atoms with Gasteiger partial charge in [-0.3, -0.25) is 9.52 Å². The van der Waals surface area contributed by atoms with E-state index in [-0.39, 0.29) is 36.6 Å². The van der Waals surface area contributed by atoms with Crippen molar-refractivity contribution in [1.82, 2.24) is 24.8 Å². The van der Waals surface area contributed by atoms with Crippen LogP contribution in [0.15, 0.2) is 65.7 Å². The highest BCUT2D eigenvalue weighted by molar-refractivity contribution is 8.00. The van der Waals surface area contributed by atoms with Crippen molar-refractivity contribution in [2.24, 2.45) is 5.41 Å². The zero-order valence-corrected chi connectivity index (χ0v) is 28.8. The second-order valence-corrected chi connectivity index (χ2v) is 14.4. The SMILES string of the molecule is Cc1cccc(C)c1-c1cc2nc(n1)NSc1cccc(c1)C(=O)N(Cc1nccc(N(C)C3CCOC3)n1)[C@H](CC(C)(C)C)CO2. The Labute approximate surface area is 281 Å². The molecule has 11 heteroatoms. The molecule has 6 rings (SSSR count). The van der Waals surface area contributed by atoms with Gasteiger partial charge in [0, 0.05) is 41.9 Å². The van der Waals surface area contributed by atoms with Crippen LogP contribution in [0.2, 0.25) is 0 Å². The summed E-state index contributed by atoms with van der Waals surface area (Å²) in [6.45, 7) is 12.6. The molecule has 10 nitrogen and oxygen atoms in total. The molecule has 4 aromatic rings. The van der Waals surface area contributed by atoms with Crippen molar-refractivity contribution >= 4 is 29.6 Å². The van der Waals surface area contributed by atoms with Crippen LogP contribution in [0.4, 0.5) is 11.8 Å². The minimum absolute atomic E-state index is 0.106. The molecule has 0 saturated carbocycles. The van der Waals surface area contributed by atoms with Gasteiger partial charge < -0.3 is 19.3 Å². The summed E-state index contributed by atoms with van der Waals surface area (Å²) in [7, 11) is 2.03. The van der Waals surface area contributed by atoms with Gasteiger partial charge in [0.2, 0.25) is 11.8 Å². The summed E-state index contributed by atoms with van der Waals surface area (Å²) in [5.41, 5.74) is 4.54. The number of likely N-dealkylation sites (N-methyl/N-ethyl adjacent to an activating group) is 1. The summed E-state index contributed by atoms with van der Waals surface area (Å²) in [5.74, 6) is 2.15. The fourth-order valence-electron chi connectivity index (χ4n) is 6.20. The first kappa shape index (κ1) is 32.7. The van der Waals surface area contributed by atoms with Crippen molar-refractivity contribution in [3.63, 3.8) is 0 Å². The van der Waals surface area contributed by atoms with Gasteiger partial charge in [0.25, 0.3) is 5.91 Å². The molecule has 4 heterocycles. The molecule has 2 aromatic heterocycles. The first-order chi connectivity index (χ1) is 22.5. The number of ether oxygens (including phenoxy) is 2. The van der Waals surface area contributed by atoms with Crippen molar-refractivity contribution in [1.29, 1.82) is 0 Å². The standard InChI is InChI=1S/C36H43N7O3S/c1-23-9-7-10-24(2)33(23)29-18-32-40-35(38-29)41-47-28-12-8-11-25(17-28)34(44)43(27(22-46-32)19-36(3,4)5)20-30-37-15-13-31(39-30)42(6)26-14-16-45-21-26/h7-13,15,17-18,26-27H,14,16,19-22H2,1-6H3,(H,38,40,41)/t26?,27-/m1/s1. The number of nitrogens with zero attached hydrogens (tertiary/aromatic N) is 6. The summed E-state index contributed by atoms with van der Waals surface area (Å²) in [5, 5.41) is 0. The Balaban J connectivity index is 1.40. The van der Waals surface area contributed by atoms with Crippen molar-refractivity contribution in [2.75, 3.05) is 36.5 Å². The number of carbonyl (C=O) groups is 1. The number of anilines is 2. The molecule has 2 aliphatic rings. The summed E-state index contributed by atoms with van der Waals surface area (Å²) >= 11 is 1.36. The van der Waals surface area contributed by atoms with Gasteiger partial charge in [-0.1, -0.05) is 45.0 Å². The third kappa shape index (κ3) is 7.85. The molecule has 4 bridgehead atoms. The van der Waals surface area contributed by atoms with E-state index in [1.807, 2.05) is 54.4 Å². The molecule has 2 aromatic carbocycles. The van der Waals surface area contributed by atoms with E-state index in [1.165, 1.54) is 11.9 Å². The van der Waals surface area contributed by atoms with Gasteiger partial charge in [-0.05, 0) is 79.4 Å². The van der Waals surface area contributed by atoms with Gasteiger partial charge in [-0.15, -0.1) is 0 Å². The number of aryl methyl sites for hydroxylation is 2. The lowest BCUT2D eigenvalue weighted by molar-refractivity contribution is 0.0505. The Hall–Kier alpha value is -4.22. The largest absolute Gasteiger partial charge is 0.475 e. The lowest BCUT2D eigenvalue weighted by atomic mass is 9.87. The number of aromatic nitrogens is 4. The number of benzene rings is 2. The number of hydrogen-bond acceptors (Lipinski definition) is 10. The van der Waals surface area contributed by atoms with Crippen LogP contribution in [0.1, 0.15) is 60.9 Å². The van der Waals surface area contributed by atoms with Gasteiger partial charge in [-0.25, -0.2) is 15.0 Å². The normalized spacial score (nSPS) is 18.4. The van der Waals surface area contributed by atoms with E-state index in [1.54, 1.807) is 6.20 Å². The molecule has 1 unspecified atom stereocenters. The lowest BCUT2D eigenvalue weighted by Gasteiger charge is -2.35. The number of fused-ring (bicyclic) bond motifs is 4. The summed E-state index contributed by atoms with van der Waals surface area (Å²) < 4.78 is 15.4. The second-order valence-electron chi connectivity index (χ2n) is 13.5. The van der Waals surface area contributed by atoms with Gasteiger partial charge >= 0.3 is 0 Å². The fourth-order valence-corrected chi connectivity index (χ4v) is 6.83. The highest BCUT2D eigenvalue weighted by Gasteiger charge is 2.31. The second kappa shape index (κ2) is 13.9. The van der Waals surface area contributed by atoms with E-state index in [2.05, 4.69) is 61.4 Å². The average Bonchev–Trinajstić information content (AvgIpc) is 3.59. The molecule has 1 N–H and O–H groups in total. The minimum atomic E-state index is -0.303. The Kier molecular flexibility index (Phi) is 9.65. The predicted molar refractivity (Wildman–Crippen MR) is 186 cm³/mol. The quantitative estimate of drug-likeness (QED) is 0.225. The number of hydrogen-bond donors (Lipinski definition) is 1. The molecule has 246 valence electrons. The maximum atomic E-state index is 14.5. The van der Waals surface area contributed by atoms with Gasteiger partial charge in [0.05, 0.1) is 30.9 Å². The molecule has 2 aliphatic heterocycles. The van der Waals surface area contributed by atoms with E-state index in [9.17, 15) is 4.79 Å². The third-order valence-corrected chi connectivity index (χ3v) is 9.35. The van der Waals surface area contributed by atoms with Gasteiger partial charge in [-0.2, -0.15) is 4.98 Å². The molecule has 0 aliphatic carbocycles. The highest BCUT2D eigenvalue weighted by atomic mass is 32.2. The van der Waals surface area contributed by atoms with Crippen molar-refractivity contribution < 1.29 is 14.3 Å². The van der Waals surface area contributed by atoms with Crippen molar-refractivity contribution in [3.8, 4) is 17.1 Å². The van der Waals surface area contributed by atoms with Crippen LogP contribution in [-0.4, -0.2) is 69.7 Å². The van der Waals surface area contributed by atoms with Crippen LogP contribution in [0.3, 0.4) is 0 Å². The Morgan fingerprint density at radius 3 is 2.55 bits per heavy atom. The minimum Gasteiger partial charge on any atom is -0.475 e. The number of rotatable bonds is 6. The van der Waals surface area contributed by atoms with E-state index >= 15 is 0 Å². The highest BCUT2D eigenvalue weighted by Crippen LogP contribution is 2.32.